The second-order valence-corrected chi connectivity index (χ2v) is 8.62. The minimum atomic E-state index is -0.192. The Hall–Kier alpha value is -2.22. The lowest BCUT2D eigenvalue weighted by Crippen LogP contribution is -2.48. The normalized spacial score (nSPS) is 24.8. The summed E-state index contributed by atoms with van der Waals surface area (Å²) in [5, 5.41) is 2.13. The smallest absolute Gasteiger partial charge is 0.273 e. The summed E-state index contributed by atoms with van der Waals surface area (Å²) in [5.41, 5.74) is 7.69. The van der Waals surface area contributed by atoms with Crippen LogP contribution in [-0.2, 0) is 11.8 Å². The Kier molecular flexibility index (Phi) is 3.47. The summed E-state index contributed by atoms with van der Waals surface area (Å²) < 4.78 is 0. The van der Waals surface area contributed by atoms with Crippen LogP contribution in [0.4, 0.5) is 5.13 Å². The molecular formula is C18H21N5O2S. The first-order chi connectivity index (χ1) is 12.6. The van der Waals surface area contributed by atoms with Crippen molar-refractivity contribution in [3.05, 3.63) is 38.5 Å². The summed E-state index contributed by atoms with van der Waals surface area (Å²) >= 11 is 1.28. The third-order valence-corrected chi connectivity index (χ3v) is 6.63. The third-order valence-electron chi connectivity index (χ3n) is 5.96. The van der Waals surface area contributed by atoms with Crippen molar-refractivity contribution < 1.29 is 4.79 Å². The molecule has 3 heterocycles. The lowest BCUT2D eigenvalue weighted by atomic mass is 9.77. The molecule has 136 valence electrons. The number of fused-ring (bicyclic) bond motifs is 2. The van der Waals surface area contributed by atoms with E-state index in [4.69, 9.17) is 10.7 Å². The Morgan fingerprint density at radius 3 is 2.92 bits per heavy atom. The largest absolute Gasteiger partial charge is 0.375 e. The molecule has 1 saturated heterocycles. The predicted octanol–water partition coefficient (Wildman–Crippen LogP) is 1.81. The summed E-state index contributed by atoms with van der Waals surface area (Å²) in [4.78, 5) is 39.3. The zero-order valence-corrected chi connectivity index (χ0v) is 15.3. The molecule has 0 bridgehead atoms. The van der Waals surface area contributed by atoms with Crippen LogP contribution in [0.2, 0.25) is 0 Å². The predicted molar refractivity (Wildman–Crippen MR) is 98.5 cm³/mol. The van der Waals surface area contributed by atoms with E-state index in [9.17, 15) is 9.59 Å². The third kappa shape index (κ3) is 2.46. The first-order valence-corrected chi connectivity index (χ1v) is 10.1. The molecule has 1 aliphatic heterocycles. The number of hydrogen-bond acceptors (Lipinski definition) is 6. The number of likely N-dealkylation sites (tertiary alicyclic amines) is 1. The van der Waals surface area contributed by atoms with Gasteiger partial charge in [0.15, 0.2) is 5.13 Å². The number of hydrogen-bond donors (Lipinski definition) is 2. The number of nitrogens with two attached hydrogens (primary N) is 1. The number of aromatic nitrogens is 3. The van der Waals surface area contributed by atoms with Crippen molar-refractivity contribution in [3.8, 4) is 0 Å². The van der Waals surface area contributed by atoms with E-state index in [-0.39, 0.29) is 16.9 Å². The number of amides is 1. The molecule has 8 heteroatoms. The van der Waals surface area contributed by atoms with Crippen LogP contribution in [0.5, 0.6) is 0 Å². The molecule has 0 radical (unpaired) electrons. The Morgan fingerprint density at radius 1 is 1.35 bits per heavy atom. The van der Waals surface area contributed by atoms with Gasteiger partial charge in [0.25, 0.3) is 11.5 Å². The summed E-state index contributed by atoms with van der Waals surface area (Å²) in [6.45, 7) is 1.32. The number of anilines is 1. The van der Waals surface area contributed by atoms with Crippen LogP contribution in [0.15, 0.2) is 10.2 Å². The van der Waals surface area contributed by atoms with E-state index in [1.165, 1.54) is 11.3 Å². The first kappa shape index (κ1) is 16.0. The molecule has 1 spiro atoms. The molecule has 2 aromatic heterocycles. The van der Waals surface area contributed by atoms with Gasteiger partial charge in [0, 0.05) is 35.4 Å². The highest BCUT2D eigenvalue weighted by Crippen LogP contribution is 2.45. The van der Waals surface area contributed by atoms with Gasteiger partial charge in [-0.1, -0.05) is 0 Å². The van der Waals surface area contributed by atoms with Crippen LogP contribution < -0.4 is 11.3 Å². The highest BCUT2D eigenvalue weighted by molar-refractivity contribution is 7.13. The Labute approximate surface area is 154 Å². The number of carbonyl (C=O) groups excluding carboxylic acids is 1. The number of piperidine rings is 1. The average Bonchev–Trinajstić information content (AvgIpc) is 3.32. The number of nitrogens with one attached hydrogen (secondary N) is 1. The zero-order valence-electron chi connectivity index (χ0n) is 14.5. The summed E-state index contributed by atoms with van der Waals surface area (Å²) in [6, 6.07) is 0. The summed E-state index contributed by atoms with van der Waals surface area (Å²) in [7, 11) is 0. The van der Waals surface area contributed by atoms with Gasteiger partial charge in [-0.3, -0.25) is 9.59 Å². The second-order valence-electron chi connectivity index (χ2n) is 7.73. The molecule has 1 amide bonds. The number of nitrogen functional groups attached to an aromatic ring is 1. The first-order valence-electron chi connectivity index (χ1n) is 9.20. The van der Waals surface area contributed by atoms with Crippen molar-refractivity contribution >= 4 is 22.4 Å². The maximum absolute atomic E-state index is 12.8. The minimum absolute atomic E-state index is 0.0181. The fourth-order valence-electron chi connectivity index (χ4n) is 4.47. The average molecular weight is 371 g/mol. The van der Waals surface area contributed by atoms with Crippen LogP contribution >= 0.6 is 11.3 Å². The van der Waals surface area contributed by atoms with Gasteiger partial charge in [-0.05, 0) is 38.5 Å². The van der Waals surface area contributed by atoms with E-state index in [1.807, 2.05) is 4.90 Å². The number of aromatic amines is 1. The molecule has 5 rings (SSSR count). The topological polar surface area (TPSA) is 105 Å². The molecule has 0 aromatic carbocycles. The molecule has 2 fully saturated rings. The van der Waals surface area contributed by atoms with E-state index < -0.39 is 0 Å². The molecule has 1 atom stereocenters. The van der Waals surface area contributed by atoms with Crippen LogP contribution in [0.1, 0.15) is 65.6 Å². The Morgan fingerprint density at radius 2 is 2.19 bits per heavy atom. The van der Waals surface area contributed by atoms with Crippen LogP contribution in [0.3, 0.4) is 0 Å². The lowest BCUT2D eigenvalue weighted by molar-refractivity contribution is 0.0628. The molecule has 26 heavy (non-hydrogen) atoms. The van der Waals surface area contributed by atoms with Gasteiger partial charge in [0.2, 0.25) is 0 Å². The van der Waals surface area contributed by atoms with Crippen molar-refractivity contribution in [1.82, 2.24) is 19.9 Å². The number of thiazole rings is 1. The lowest BCUT2D eigenvalue weighted by Gasteiger charge is -2.40. The number of nitrogens with zero attached hydrogens (tertiary/aromatic N) is 3. The van der Waals surface area contributed by atoms with Crippen LogP contribution in [0, 0.1) is 0 Å². The van der Waals surface area contributed by atoms with Gasteiger partial charge in [-0.2, -0.15) is 0 Å². The zero-order chi connectivity index (χ0) is 17.9. The van der Waals surface area contributed by atoms with Crippen molar-refractivity contribution in [1.29, 1.82) is 0 Å². The SMILES string of the molecule is Nc1nc(C(=O)N2CCCC3(CCc4c3nc(C3CC3)[nH]c4=O)C2)cs1. The number of rotatable bonds is 2. The molecule has 1 unspecified atom stereocenters. The van der Waals surface area contributed by atoms with Gasteiger partial charge < -0.3 is 15.6 Å². The fraction of sp³-hybridized carbons (Fsp3) is 0.556. The maximum Gasteiger partial charge on any atom is 0.273 e. The van der Waals surface area contributed by atoms with Gasteiger partial charge in [-0.15, -0.1) is 11.3 Å². The van der Waals surface area contributed by atoms with E-state index in [2.05, 4.69) is 9.97 Å². The van der Waals surface area contributed by atoms with E-state index in [0.717, 1.165) is 55.6 Å². The molecule has 3 aliphatic rings. The molecule has 1 saturated carbocycles. The highest BCUT2D eigenvalue weighted by Gasteiger charge is 2.46. The number of carbonyl (C=O) groups is 1. The summed E-state index contributed by atoms with van der Waals surface area (Å²) in [5.74, 6) is 1.17. The maximum atomic E-state index is 12.8. The second kappa shape index (κ2) is 5.64. The molecular weight excluding hydrogens is 350 g/mol. The molecule has 3 N–H and O–H groups in total. The van der Waals surface area contributed by atoms with Gasteiger partial charge >= 0.3 is 0 Å². The molecule has 2 aliphatic carbocycles. The van der Waals surface area contributed by atoms with Crippen molar-refractivity contribution in [2.24, 2.45) is 0 Å². The van der Waals surface area contributed by atoms with E-state index >= 15 is 0 Å². The molecule has 2 aromatic rings. The monoisotopic (exact) mass is 371 g/mol. The van der Waals surface area contributed by atoms with E-state index in [0.29, 0.717) is 29.8 Å². The quantitative estimate of drug-likeness (QED) is 0.838. The van der Waals surface area contributed by atoms with Crippen molar-refractivity contribution in [2.75, 3.05) is 18.8 Å². The standard InChI is InChI=1S/C18H21N5O2S/c19-17-20-12(8-26-17)16(25)23-7-1-5-18(9-23)6-4-11-13(18)21-14(10-2-3-10)22-15(11)24/h8,10H,1-7,9H2,(H2,19,20)(H,21,22,24). The minimum Gasteiger partial charge on any atom is -0.375 e. The van der Waals surface area contributed by atoms with Gasteiger partial charge in [0.05, 0.1) is 5.69 Å². The van der Waals surface area contributed by atoms with Crippen molar-refractivity contribution in [2.45, 2.75) is 49.9 Å². The molecule has 7 nitrogen and oxygen atoms in total. The number of H-pyrrole nitrogens is 1. The Balaban J connectivity index is 1.49. The van der Waals surface area contributed by atoms with Gasteiger partial charge in [0.1, 0.15) is 11.5 Å². The van der Waals surface area contributed by atoms with E-state index in [1.54, 1.807) is 5.38 Å². The van der Waals surface area contributed by atoms with Crippen LogP contribution in [-0.4, -0.2) is 38.8 Å². The Bertz CT molecular complexity index is 947. The van der Waals surface area contributed by atoms with Gasteiger partial charge in [-0.25, -0.2) is 9.97 Å². The van der Waals surface area contributed by atoms with Crippen LogP contribution in [0.25, 0.3) is 0 Å². The van der Waals surface area contributed by atoms with Crippen molar-refractivity contribution in [3.63, 3.8) is 0 Å². The fourth-order valence-corrected chi connectivity index (χ4v) is 5.01. The summed E-state index contributed by atoms with van der Waals surface area (Å²) in [6.07, 6.45) is 5.72. The highest BCUT2D eigenvalue weighted by atomic mass is 32.1.